The van der Waals surface area contributed by atoms with E-state index in [1.165, 1.54) is 0 Å². The standard InChI is InChI=1S/C3H3N5O4.H3N/c4-1-2(7(9)10)5-6-3(1)8(11)12;/h4H2,(H,5,6);1H3. The third-order valence-corrected chi connectivity index (χ3v) is 1.12. The summed E-state index contributed by atoms with van der Waals surface area (Å²) < 4.78 is 0. The van der Waals surface area contributed by atoms with Crippen LogP contribution in [0.1, 0.15) is 0 Å². The first-order valence-electron chi connectivity index (χ1n) is 2.66. The summed E-state index contributed by atoms with van der Waals surface area (Å²) in [5, 5.41) is 25.1. The fourth-order valence-corrected chi connectivity index (χ4v) is 0.611. The number of nitro groups is 2. The molecule has 0 atom stereocenters. The Balaban J connectivity index is 0.00000144. The number of aromatic nitrogens is 2. The Bertz CT molecular complexity index is 312. The molecule has 0 saturated heterocycles. The average Bonchev–Trinajstić information content (AvgIpc) is 2.30. The lowest BCUT2D eigenvalue weighted by Gasteiger charge is -1.88. The van der Waals surface area contributed by atoms with E-state index in [2.05, 4.69) is 5.10 Å². The predicted octanol–water partition coefficient (Wildman–Crippen LogP) is -0.0297. The second kappa shape index (κ2) is 3.44. The van der Waals surface area contributed by atoms with Crippen LogP contribution >= 0.6 is 0 Å². The zero-order chi connectivity index (χ0) is 9.30. The summed E-state index contributed by atoms with van der Waals surface area (Å²) in [6.07, 6.45) is 0. The zero-order valence-electron chi connectivity index (χ0n) is 6.26. The number of aromatic amines is 1. The van der Waals surface area contributed by atoms with Crippen LogP contribution in [0.25, 0.3) is 0 Å². The van der Waals surface area contributed by atoms with Crippen molar-refractivity contribution in [3.63, 3.8) is 0 Å². The van der Waals surface area contributed by atoms with Gasteiger partial charge in [0.2, 0.25) is 5.69 Å². The normalized spacial score (nSPS) is 8.92. The number of nitrogen functional groups attached to an aromatic ring is 1. The summed E-state index contributed by atoms with van der Waals surface area (Å²) >= 11 is 0. The lowest BCUT2D eigenvalue weighted by Crippen LogP contribution is -1.96. The van der Waals surface area contributed by atoms with Gasteiger partial charge in [0.05, 0.1) is 0 Å². The molecule has 0 fully saturated rings. The number of nitrogens with two attached hydrogens (primary N) is 1. The molecule has 1 aromatic rings. The molecule has 1 aromatic heterocycles. The summed E-state index contributed by atoms with van der Waals surface area (Å²) in [5.41, 5.74) is 4.46. The third-order valence-electron chi connectivity index (χ3n) is 1.12. The molecule has 1 rings (SSSR count). The highest BCUT2D eigenvalue weighted by Crippen LogP contribution is 2.26. The van der Waals surface area contributed by atoms with Crippen molar-refractivity contribution < 1.29 is 9.85 Å². The van der Waals surface area contributed by atoms with Crippen LogP contribution in [0, 0.1) is 20.2 Å². The topological polar surface area (TPSA) is 176 Å². The molecular formula is C3H6N6O4. The highest BCUT2D eigenvalue weighted by Gasteiger charge is 2.28. The maximum Gasteiger partial charge on any atom is 0.443 e. The van der Waals surface area contributed by atoms with Crippen LogP contribution < -0.4 is 11.9 Å². The second-order valence-corrected chi connectivity index (χ2v) is 1.82. The number of nitrogens with zero attached hydrogens (tertiary/aromatic N) is 3. The van der Waals surface area contributed by atoms with Crippen molar-refractivity contribution in [2.45, 2.75) is 0 Å². The number of rotatable bonds is 2. The van der Waals surface area contributed by atoms with Crippen LogP contribution in [0.3, 0.4) is 0 Å². The van der Waals surface area contributed by atoms with Gasteiger partial charge in [0.1, 0.15) is 5.10 Å². The fraction of sp³-hybridized carbons (Fsp3) is 0. The van der Waals surface area contributed by atoms with Gasteiger partial charge >= 0.3 is 11.6 Å². The van der Waals surface area contributed by atoms with Crippen LogP contribution in [-0.2, 0) is 0 Å². The van der Waals surface area contributed by atoms with Crippen molar-refractivity contribution >= 4 is 17.3 Å². The molecule has 10 nitrogen and oxygen atoms in total. The molecule has 1 heterocycles. The molecule has 0 spiro atoms. The molecule has 0 radical (unpaired) electrons. The van der Waals surface area contributed by atoms with Crippen molar-refractivity contribution in [1.29, 1.82) is 0 Å². The molecular weight excluding hydrogens is 184 g/mol. The number of nitrogens with one attached hydrogen (secondary N) is 1. The zero-order valence-corrected chi connectivity index (χ0v) is 6.26. The fourth-order valence-electron chi connectivity index (χ4n) is 0.611. The number of H-pyrrole nitrogens is 1. The van der Waals surface area contributed by atoms with E-state index in [0.717, 1.165) is 0 Å². The van der Waals surface area contributed by atoms with Gasteiger partial charge in [0, 0.05) is 0 Å². The van der Waals surface area contributed by atoms with Crippen molar-refractivity contribution in [2.75, 3.05) is 5.73 Å². The predicted molar refractivity (Wildman–Crippen MR) is 41.3 cm³/mol. The van der Waals surface area contributed by atoms with E-state index < -0.39 is 27.2 Å². The lowest BCUT2D eigenvalue weighted by molar-refractivity contribution is -0.392. The van der Waals surface area contributed by atoms with Crippen LogP contribution in [0.2, 0.25) is 0 Å². The molecule has 13 heavy (non-hydrogen) atoms. The Labute approximate surface area is 70.6 Å². The van der Waals surface area contributed by atoms with E-state index in [4.69, 9.17) is 5.73 Å². The van der Waals surface area contributed by atoms with Crippen LogP contribution in [0.4, 0.5) is 17.3 Å². The quantitative estimate of drug-likeness (QED) is 0.432. The van der Waals surface area contributed by atoms with Crippen molar-refractivity contribution in [1.82, 2.24) is 16.3 Å². The largest absolute Gasteiger partial charge is 0.443 e. The molecule has 0 aliphatic carbocycles. The molecule has 6 N–H and O–H groups in total. The van der Waals surface area contributed by atoms with Crippen LogP contribution in [0.5, 0.6) is 0 Å². The minimum atomic E-state index is -0.904. The molecule has 0 bridgehead atoms. The van der Waals surface area contributed by atoms with Crippen molar-refractivity contribution in [3.8, 4) is 0 Å². The first-order chi connectivity index (χ1) is 5.54. The molecule has 10 heteroatoms. The van der Waals surface area contributed by atoms with Gasteiger partial charge < -0.3 is 32.1 Å². The molecule has 72 valence electrons. The lowest BCUT2D eigenvalue weighted by atomic mass is 10.5. The summed E-state index contributed by atoms with van der Waals surface area (Å²) in [7, 11) is 0. The first kappa shape index (κ1) is 10.8. The van der Waals surface area contributed by atoms with Crippen LogP contribution in [-0.4, -0.2) is 20.0 Å². The van der Waals surface area contributed by atoms with E-state index in [9.17, 15) is 20.2 Å². The average molecular weight is 190 g/mol. The third kappa shape index (κ3) is 1.67. The maximum absolute atomic E-state index is 10.1. The molecule has 0 aromatic carbocycles. The summed E-state index contributed by atoms with van der Waals surface area (Å²) in [4.78, 5) is 18.4. The van der Waals surface area contributed by atoms with Gasteiger partial charge in [-0.15, -0.1) is 0 Å². The van der Waals surface area contributed by atoms with E-state index in [0.29, 0.717) is 0 Å². The SMILES string of the molecule is N.Nc1c([N+](=O)[O-])n[nH]c1[N+](=O)[O-]. The minimum Gasteiger partial charge on any atom is -0.385 e. The van der Waals surface area contributed by atoms with Gasteiger partial charge in [-0.05, 0) is 14.9 Å². The number of hydrogen-bond acceptors (Lipinski definition) is 7. The molecule has 0 amide bonds. The molecule has 0 aliphatic heterocycles. The Morgan fingerprint density at radius 3 is 2.08 bits per heavy atom. The van der Waals surface area contributed by atoms with Gasteiger partial charge in [0.25, 0.3) is 0 Å². The van der Waals surface area contributed by atoms with E-state index in [1.807, 2.05) is 5.10 Å². The Morgan fingerprint density at radius 1 is 1.31 bits per heavy atom. The molecule has 0 unspecified atom stereocenters. The van der Waals surface area contributed by atoms with Gasteiger partial charge in [0.15, 0.2) is 0 Å². The Hall–Kier alpha value is -2.23. The monoisotopic (exact) mass is 190 g/mol. The maximum atomic E-state index is 10.1. The second-order valence-electron chi connectivity index (χ2n) is 1.82. The van der Waals surface area contributed by atoms with Gasteiger partial charge in [-0.1, -0.05) is 0 Å². The highest BCUT2D eigenvalue weighted by molar-refractivity contribution is 5.64. The van der Waals surface area contributed by atoms with E-state index in [-0.39, 0.29) is 6.15 Å². The minimum absolute atomic E-state index is 0. The number of anilines is 1. The number of hydrogen-bond donors (Lipinski definition) is 3. The van der Waals surface area contributed by atoms with Gasteiger partial charge in [-0.2, -0.15) is 0 Å². The highest BCUT2D eigenvalue weighted by atomic mass is 16.6. The smallest absolute Gasteiger partial charge is 0.385 e. The van der Waals surface area contributed by atoms with Gasteiger partial charge in [-0.25, -0.2) is 0 Å². The summed E-state index contributed by atoms with van der Waals surface area (Å²) in [6, 6.07) is 0. The van der Waals surface area contributed by atoms with Gasteiger partial charge in [-0.3, -0.25) is 0 Å². The van der Waals surface area contributed by atoms with E-state index in [1.54, 1.807) is 0 Å². The Morgan fingerprint density at radius 2 is 1.85 bits per heavy atom. The first-order valence-corrected chi connectivity index (χ1v) is 2.66. The molecule has 0 saturated carbocycles. The van der Waals surface area contributed by atoms with Crippen molar-refractivity contribution in [2.24, 2.45) is 0 Å². The van der Waals surface area contributed by atoms with Crippen LogP contribution in [0.15, 0.2) is 0 Å². The van der Waals surface area contributed by atoms with E-state index >= 15 is 0 Å². The Kier molecular flexibility index (Phi) is 2.85. The molecule has 0 aliphatic rings. The summed E-state index contributed by atoms with van der Waals surface area (Å²) in [6.45, 7) is 0. The summed E-state index contributed by atoms with van der Waals surface area (Å²) in [5.74, 6) is -1.40. The van der Waals surface area contributed by atoms with Crippen molar-refractivity contribution in [3.05, 3.63) is 20.2 Å².